The number of carbonyl (C=O) groups excluding carboxylic acids is 2. The second kappa shape index (κ2) is 12.8. The zero-order valence-electron chi connectivity index (χ0n) is 22.8. The summed E-state index contributed by atoms with van der Waals surface area (Å²) in [6.45, 7) is 1.91. The summed E-state index contributed by atoms with van der Waals surface area (Å²) < 4.78 is 32.9. The standard InChI is InChI=1S/C27H34N4O6S3/c1-19-24(25(33)29-40(35,36)30(2)15-16-32)28-23(39-19)18-31(14-4-6-22-7-5-17-38-22)26(34)27(12-13-27)20-8-10-21(37-3)11-9-20/h5,7-11,17,32H,4,6,12-16,18H2,1-3H3,(H,29,33). The number of ether oxygens (including phenoxy) is 1. The Morgan fingerprint density at radius 3 is 2.50 bits per heavy atom. The minimum Gasteiger partial charge on any atom is -0.497 e. The molecule has 1 aliphatic carbocycles. The second-order valence-electron chi connectivity index (χ2n) is 9.71. The van der Waals surface area contributed by atoms with Crippen LogP contribution in [0, 0.1) is 6.92 Å². The number of thiazole rings is 1. The lowest BCUT2D eigenvalue weighted by molar-refractivity contribution is -0.134. The molecule has 1 aromatic carbocycles. The molecule has 13 heteroatoms. The maximum Gasteiger partial charge on any atom is 0.303 e. The minimum absolute atomic E-state index is 0.00301. The topological polar surface area (TPSA) is 129 Å². The summed E-state index contributed by atoms with van der Waals surface area (Å²) in [7, 11) is -1.26. The molecule has 1 fully saturated rings. The number of hydrogen-bond donors (Lipinski definition) is 2. The fraction of sp³-hybridized carbons (Fsp3) is 0.444. The molecule has 216 valence electrons. The number of likely N-dealkylation sites (N-methyl/N-ethyl adjacent to an activating group) is 1. The highest BCUT2D eigenvalue weighted by Gasteiger charge is 2.53. The smallest absolute Gasteiger partial charge is 0.303 e. The maximum atomic E-state index is 14.0. The van der Waals surface area contributed by atoms with Gasteiger partial charge in [0.2, 0.25) is 5.91 Å². The number of aliphatic hydroxyl groups is 1. The maximum absolute atomic E-state index is 14.0. The van der Waals surface area contributed by atoms with Crippen LogP contribution in [0.2, 0.25) is 0 Å². The van der Waals surface area contributed by atoms with Gasteiger partial charge < -0.3 is 14.7 Å². The number of benzene rings is 1. The molecule has 0 aliphatic heterocycles. The number of aromatic nitrogens is 1. The lowest BCUT2D eigenvalue weighted by Gasteiger charge is -2.27. The van der Waals surface area contributed by atoms with Gasteiger partial charge in [0.05, 0.1) is 25.7 Å². The van der Waals surface area contributed by atoms with E-state index in [1.54, 1.807) is 25.4 Å². The van der Waals surface area contributed by atoms with Crippen molar-refractivity contribution < 1.29 is 27.9 Å². The molecule has 0 radical (unpaired) electrons. The summed E-state index contributed by atoms with van der Waals surface area (Å²) >= 11 is 2.95. The third-order valence-electron chi connectivity index (χ3n) is 6.95. The van der Waals surface area contributed by atoms with Crippen LogP contribution in [0.4, 0.5) is 0 Å². The van der Waals surface area contributed by atoms with Gasteiger partial charge in [0, 0.05) is 29.9 Å². The van der Waals surface area contributed by atoms with Gasteiger partial charge in [0.25, 0.3) is 5.91 Å². The molecule has 0 atom stereocenters. The van der Waals surface area contributed by atoms with E-state index in [2.05, 4.69) is 11.1 Å². The van der Waals surface area contributed by atoms with Crippen LogP contribution in [-0.4, -0.2) is 73.4 Å². The van der Waals surface area contributed by atoms with Gasteiger partial charge >= 0.3 is 10.2 Å². The van der Waals surface area contributed by atoms with Crippen molar-refractivity contribution in [3.63, 3.8) is 0 Å². The summed E-state index contributed by atoms with van der Waals surface area (Å²) in [5.74, 6) is -0.0957. The molecule has 10 nitrogen and oxygen atoms in total. The van der Waals surface area contributed by atoms with Gasteiger partial charge in [0.1, 0.15) is 16.5 Å². The fourth-order valence-electron chi connectivity index (χ4n) is 4.51. The molecule has 2 aromatic heterocycles. The van der Waals surface area contributed by atoms with Crippen molar-refractivity contribution in [2.75, 3.05) is 33.9 Å². The summed E-state index contributed by atoms with van der Waals surface area (Å²) in [5, 5.41) is 11.6. The molecule has 1 saturated carbocycles. The number of rotatable bonds is 14. The van der Waals surface area contributed by atoms with Crippen molar-refractivity contribution in [3.05, 3.63) is 67.8 Å². The largest absolute Gasteiger partial charge is 0.497 e. The molecule has 0 unspecified atom stereocenters. The van der Waals surface area contributed by atoms with E-state index in [1.165, 1.54) is 23.3 Å². The Morgan fingerprint density at radius 1 is 1.18 bits per heavy atom. The Kier molecular flexibility index (Phi) is 9.62. The summed E-state index contributed by atoms with van der Waals surface area (Å²) in [6.07, 6.45) is 3.13. The number of hydrogen-bond acceptors (Lipinski definition) is 9. The lowest BCUT2D eigenvalue weighted by Crippen LogP contribution is -2.42. The first kappa shape index (κ1) is 30.1. The van der Waals surface area contributed by atoms with Crippen LogP contribution < -0.4 is 9.46 Å². The average molecular weight is 607 g/mol. The number of aryl methyl sites for hydroxylation is 2. The first-order valence-corrected chi connectivity index (χ1v) is 16.0. The van der Waals surface area contributed by atoms with Crippen molar-refractivity contribution in [1.29, 1.82) is 0 Å². The summed E-state index contributed by atoms with van der Waals surface area (Å²) in [6, 6.07) is 11.7. The third-order valence-corrected chi connectivity index (χ3v) is 10.3. The van der Waals surface area contributed by atoms with Gasteiger partial charge in [-0.1, -0.05) is 18.2 Å². The Hall–Kier alpha value is -2.84. The monoisotopic (exact) mass is 606 g/mol. The Morgan fingerprint density at radius 2 is 1.90 bits per heavy atom. The molecule has 40 heavy (non-hydrogen) atoms. The molecule has 4 rings (SSSR count). The Labute approximate surface area is 242 Å². The second-order valence-corrected chi connectivity index (χ2v) is 13.8. The van der Waals surface area contributed by atoms with Crippen LogP contribution in [0.3, 0.4) is 0 Å². The lowest BCUT2D eigenvalue weighted by atomic mass is 9.94. The van der Waals surface area contributed by atoms with Gasteiger partial charge in [-0.3, -0.25) is 9.59 Å². The van der Waals surface area contributed by atoms with Gasteiger partial charge in [-0.2, -0.15) is 12.7 Å². The van der Waals surface area contributed by atoms with E-state index >= 15 is 0 Å². The van der Waals surface area contributed by atoms with Crippen LogP contribution >= 0.6 is 22.7 Å². The zero-order valence-corrected chi connectivity index (χ0v) is 25.2. The molecular formula is C27H34N4O6S3. The van der Waals surface area contributed by atoms with Gasteiger partial charge in [-0.05, 0) is 61.7 Å². The van der Waals surface area contributed by atoms with Gasteiger partial charge in [0.15, 0.2) is 0 Å². The summed E-state index contributed by atoms with van der Waals surface area (Å²) in [4.78, 5) is 34.9. The van der Waals surface area contributed by atoms with Crippen LogP contribution in [0.25, 0.3) is 0 Å². The highest BCUT2D eigenvalue weighted by atomic mass is 32.2. The van der Waals surface area contributed by atoms with E-state index < -0.39 is 21.5 Å². The quantitative estimate of drug-likeness (QED) is 0.289. The van der Waals surface area contributed by atoms with Crippen molar-refractivity contribution in [3.8, 4) is 5.75 Å². The zero-order chi connectivity index (χ0) is 28.9. The fourth-order valence-corrected chi connectivity index (χ4v) is 7.02. The molecule has 0 saturated heterocycles. The van der Waals surface area contributed by atoms with Crippen molar-refractivity contribution >= 4 is 44.7 Å². The average Bonchev–Trinajstić information content (AvgIpc) is 3.41. The van der Waals surface area contributed by atoms with Crippen LogP contribution in [-0.2, 0) is 33.4 Å². The predicted octanol–water partition coefficient (Wildman–Crippen LogP) is 3.11. The van der Waals surface area contributed by atoms with E-state index in [0.29, 0.717) is 16.4 Å². The highest BCUT2D eigenvalue weighted by molar-refractivity contribution is 7.87. The van der Waals surface area contributed by atoms with Gasteiger partial charge in [-0.15, -0.1) is 22.7 Å². The third kappa shape index (κ3) is 6.89. The van der Waals surface area contributed by atoms with Crippen LogP contribution in [0.5, 0.6) is 5.75 Å². The van der Waals surface area contributed by atoms with Crippen molar-refractivity contribution in [2.24, 2.45) is 0 Å². The van der Waals surface area contributed by atoms with Gasteiger partial charge in [-0.25, -0.2) is 9.71 Å². The molecule has 0 bridgehead atoms. The number of methoxy groups -OCH3 is 1. The van der Waals surface area contributed by atoms with E-state index in [1.807, 2.05) is 45.3 Å². The minimum atomic E-state index is -4.13. The molecule has 0 spiro atoms. The van der Waals surface area contributed by atoms with E-state index in [4.69, 9.17) is 9.84 Å². The van der Waals surface area contributed by atoms with E-state index in [9.17, 15) is 18.0 Å². The number of nitrogens with zero attached hydrogens (tertiary/aromatic N) is 3. The van der Waals surface area contributed by atoms with E-state index in [-0.39, 0.29) is 31.3 Å². The van der Waals surface area contributed by atoms with Crippen LogP contribution in [0.1, 0.15) is 50.1 Å². The molecule has 2 amide bonds. The van der Waals surface area contributed by atoms with Crippen molar-refractivity contribution in [1.82, 2.24) is 18.9 Å². The van der Waals surface area contributed by atoms with Crippen molar-refractivity contribution in [2.45, 2.75) is 44.6 Å². The molecule has 2 heterocycles. The molecule has 3 aromatic rings. The normalized spacial score (nSPS) is 14.2. The predicted molar refractivity (Wildman–Crippen MR) is 155 cm³/mol. The SMILES string of the molecule is COc1ccc(C2(C(=O)N(CCCc3cccs3)Cc3nc(C(=O)NS(=O)(=O)N(C)CCO)c(C)s3)CC2)cc1. The molecule has 2 N–H and O–H groups in total. The number of aliphatic hydroxyl groups excluding tert-OH is 1. The van der Waals surface area contributed by atoms with Crippen LogP contribution in [0.15, 0.2) is 41.8 Å². The Bertz CT molecular complexity index is 1420. The highest BCUT2D eigenvalue weighted by Crippen LogP contribution is 2.50. The number of amides is 2. The number of carbonyl (C=O) groups is 2. The first-order valence-electron chi connectivity index (χ1n) is 12.9. The van der Waals surface area contributed by atoms with E-state index in [0.717, 1.165) is 41.3 Å². The molecular weight excluding hydrogens is 573 g/mol. The Balaban J connectivity index is 1.53. The first-order chi connectivity index (χ1) is 19.1. The number of nitrogens with one attached hydrogen (secondary N) is 1. The summed E-state index contributed by atoms with van der Waals surface area (Å²) in [5.41, 5.74) is 0.366. The number of thiophene rings is 1. The molecule has 1 aliphatic rings.